The van der Waals surface area contributed by atoms with Crippen LogP contribution < -0.4 is 0 Å². The Kier molecular flexibility index (Phi) is 7.25. The van der Waals surface area contributed by atoms with Crippen molar-refractivity contribution >= 4 is 18.4 Å². The summed E-state index contributed by atoms with van der Waals surface area (Å²) in [4.78, 5) is 0. The standard InChI is InChI=1S/C13H21F9O3SSi/c1-7(2)27(8(3)4,9(5)6)25-26(23,24)13(21,22)11(16,17)10(14,15)12(18,19)20/h7-9H,1-6H3. The molecule has 0 aromatic carbocycles. The summed E-state index contributed by atoms with van der Waals surface area (Å²) >= 11 is 0. The topological polar surface area (TPSA) is 43.4 Å². The molecule has 0 rings (SSSR count). The number of alkyl halides is 9. The van der Waals surface area contributed by atoms with E-state index in [-0.39, 0.29) is 0 Å². The van der Waals surface area contributed by atoms with Gasteiger partial charge in [-0.15, -0.1) is 0 Å². The van der Waals surface area contributed by atoms with Crippen molar-refractivity contribution < 1.29 is 51.8 Å². The molecule has 27 heavy (non-hydrogen) atoms. The minimum Gasteiger partial charge on any atom is -0.309 e. The minimum absolute atomic E-state index is 0.764. The molecule has 0 aliphatic rings. The zero-order valence-corrected chi connectivity index (χ0v) is 17.1. The van der Waals surface area contributed by atoms with Crippen LogP contribution in [0.25, 0.3) is 0 Å². The summed E-state index contributed by atoms with van der Waals surface area (Å²) in [6.45, 7) is 8.18. The molecular weight excluding hydrogens is 435 g/mol. The summed E-state index contributed by atoms with van der Waals surface area (Å²) in [5.41, 5.74) is -2.29. The monoisotopic (exact) mass is 456 g/mol. The fraction of sp³-hybridized carbons (Fsp3) is 1.00. The van der Waals surface area contributed by atoms with E-state index in [9.17, 15) is 47.9 Å². The molecule has 0 N–H and O–H groups in total. The van der Waals surface area contributed by atoms with Gasteiger partial charge in [0, 0.05) is 0 Å². The predicted molar refractivity (Wildman–Crippen MR) is 81.9 cm³/mol. The maximum Gasteiger partial charge on any atom is 0.460 e. The summed E-state index contributed by atoms with van der Waals surface area (Å²) in [5.74, 6) is -14.6. The third-order valence-corrected chi connectivity index (χ3v) is 12.7. The van der Waals surface area contributed by atoms with Gasteiger partial charge in [0.1, 0.15) is 0 Å². The Hall–Kier alpha value is -0.503. The summed E-state index contributed by atoms with van der Waals surface area (Å²) in [5, 5.41) is -6.82. The smallest absolute Gasteiger partial charge is 0.309 e. The first-order valence-electron chi connectivity index (χ1n) is 7.69. The second-order valence-electron chi connectivity index (χ2n) is 7.02. The van der Waals surface area contributed by atoms with Crippen LogP contribution in [0.15, 0.2) is 0 Å². The van der Waals surface area contributed by atoms with Crippen molar-refractivity contribution in [2.24, 2.45) is 0 Å². The van der Waals surface area contributed by atoms with Crippen molar-refractivity contribution in [1.29, 1.82) is 0 Å². The lowest BCUT2D eigenvalue weighted by molar-refractivity contribution is -0.382. The first-order valence-corrected chi connectivity index (χ1v) is 11.2. The quantitative estimate of drug-likeness (QED) is 0.336. The molecule has 0 aromatic rings. The van der Waals surface area contributed by atoms with Crippen LogP contribution in [0.5, 0.6) is 0 Å². The predicted octanol–water partition coefficient (Wildman–Crippen LogP) is 5.93. The molecule has 0 bridgehead atoms. The first-order chi connectivity index (χ1) is 11.5. The lowest BCUT2D eigenvalue weighted by atomic mass is 10.1. The van der Waals surface area contributed by atoms with Crippen molar-refractivity contribution in [3.8, 4) is 0 Å². The van der Waals surface area contributed by atoms with E-state index in [0.29, 0.717) is 0 Å². The Morgan fingerprint density at radius 3 is 1.19 bits per heavy atom. The number of hydrogen-bond donors (Lipinski definition) is 0. The first kappa shape index (κ1) is 26.5. The van der Waals surface area contributed by atoms with Gasteiger partial charge in [-0.25, -0.2) is 0 Å². The van der Waals surface area contributed by atoms with E-state index in [4.69, 9.17) is 0 Å². The van der Waals surface area contributed by atoms with Crippen molar-refractivity contribution in [2.45, 2.75) is 81.4 Å². The van der Waals surface area contributed by atoms with Crippen molar-refractivity contribution in [2.75, 3.05) is 0 Å². The van der Waals surface area contributed by atoms with Crippen molar-refractivity contribution in [1.82, 2.24) is 0 Å². The third kappa shape index (κ3) is 3.98. The van der Waals surface area contributed by atoms with Gasteiger partial charge in [0.15, 0.2) is 0 Å². The summed E-state index contributed by atoms with van der Waals surface area (Å²) in [6.07, 6.45) is -7.11. The van der Waals surface area contributed by atoms with E-state index in [1.165, 1.54) is 41.5 Å². The van der Waals surface area contributed by atoms with Crippen LogP contribution in [-0.2, 0) is 14.0 Å². The van der Waals surface area contributed by atoms with Crippen LogP contribution in [0.4, 0.5) is 39.5 Å². The molecule has 164 valence electrons. The fourth-order valence-electron chi connectivity index (χ4n) is 3.05. The Morgan fingerprint density at radius 1 is 0.667 bits per heavy atom. The van der Waals surface area contributed by atoms with Gasteiger partial charge < -0.3 is 3.87 Å². The van der Waals surface area contributed by atoms with E-state index >= 15 is 0 Å². The minimum atomic E-state index is -7.31. The Balaban J connectivity index is 6.51. The molecule has 0 fully saturated rings. The number of hydrogen-bond acceptors (Lipinski definition) is 3. The van der Waals surface area contributed by atoms with Gasteiger partial charge in [0.2, 0.25) is 8.32 Å². The van der Waals surface area contributed by atoms with Gasteiger partial charge in [0.05, 0.1) is 0 Å². The highest BCUT2D eigenvalue weighted by atomic mass is 32.2. The van der Waals surface area contributed by atoms with Crippen LogP contribution in [-0.4, -0.2) is 40.0 Å². The van der Waals surface area contributed by atoms with Gasteiger partial charge in [-0.2, -0.15) is 47.9 Å². The molecule has 0 radical (unpaired) electrons. The molecule has 0 spiro atoms. The average molecular weight is 456 g/mol. The SMILES string of the molecule is CC(C)[Si](OS(=O)(=O)C(F)(F)C(F)(F)C(F)(F)C(F)(F)F)(C(C)C)C(C)C. The Bertz CT molecular complexity index is 606. The second kappa shape index (κ2) is 7.39. The fourth-order valence-corrected chi connectivity index (χ4v) is 11.7. The molecule has 14 heteroatoms. The Morgan fingerprint density at radius 2 is 0.963 bits per heavy atom. The molecule has 0 atom stereocenters. The van der Waals surface area contributed by atoms with Gasteiger partial charge >= 0.3 is 33.4 Å². The van der Waals surface area contributed by atoms with Gasteiger partial charge in [0.25, 0.3) is 0 Å². The van der Waals surface area contributed by atoms with Crippen LogP contribution in [0, 0.1) is 0 Å². The largest absolute Gasteiger partial charge is 0.460 e. The number of rotatable bonds is 8. The summed E-state index contributed by atoms with van der Waals surface area (Å²) in [7, 11) is -10.7. The zero-order chi connectivity index (χ0) is 22.4. The molecule has 0 amide bonds. The van der Waals surface area contributed by atoms with Crippen LogP contribution >= 0.6 is 0 Å². The maximum atomic E-state index is 13.9. The third-order valence-electron chi connectivity index (χ3n) is 4.39. The highest BCUT2D eigenvalue weighted by Crippen LogP contribution is 2.56. The molecular formula is C13H21F9O3SSi. The van der Waals surface area contributed by atoms with E-state index < -0.39 is 58.3 Å². The molecule has 0 aliphatic heterocycles. The lowest BCUT2D eigenvalue weighted by Gasteiger charge is -2.42. The van der Waals surface area contributed by atoms with Gasteiger partial charge in [-0.3, -0.25) is 0 Å². The van der Waals surface area contributed by atoms with Crippen LogP contribution in [0.2, 0.25) is 16.6 Å². The maximum absolute atomic E-state index is 13.9. The van der Waals surface area contributed by atoms with Crippen LogP contribution in [0.3, 0.4) is 0 Å². The van der Waals surface area contributed by atoms with E-state index in [2.05, 4.69) is 3.87 Å². The van der Waals surface area contributed by atoms with E-state index in [0.717, 1.165) is 0 Å². The summed E-state index contributed by atoms with van der Waals surface area (Å²) in [6, 6.07) is 0. The molecule has 0 heterocycles. The highest BCUT2D eigenvalue weighted by molar-refractivity contribution is 7.89. The highest BCUT2D eigenvalue weighted by Gasteiger charge is 2.86. The van der Waals surface area contributed by atoms with Gasteiger partial charge in [-0.05, 0) is 16.6 Å². The van der Waals surface area contributed by atoms with E-state index in [1.807, 2.05) is 0 Å². The molecule has 0 aromatic heterocycles. The lowest BCUT2D eigenvalue weighted by Crippen LogP contribution is -2.65. The van der Waals surface area contributed by atoms with Crippen molar-refractivity contribution in [3.63, 3.8) is 0 Å². The normalized spacial score (nSPS) is 15.9. The zero-order valence-electron chi connectivity index (χ0n) is 15.3. The molecule has 3 nitrogen and oxygen atoms in total. The van der Waals surface area contributed by atoms with E-state index in [1.54, 1.807) is 0 Å². The van der Waals surface area contributed by atoms with Gasteiger partial charge in [-0.1, -0.05) is 41.5 Å². The van der Waals surface area contributed by atoms with Crippen LogP contribution in [0.1, 0.15) is 41.5 Å². The molecule has 0 unspecified atom stereocenters. The number of halogens is 9. The van der Waals surface area contributed by atoms with Crippen molar-refractivity contribution in [3.05, 3.63) is 0 Å². The average Bonchev–Trinajstić information content (AvgIpc) is 2.41. The Labute approximate surface area is 152 Å². The molecule has 0 saturated carbocycles. The molecule has 0 saturated heterocycles. The molecule has 0 aliphatic carbocycles. The second-order valence-corrected chi connectivity index (χ2v) is 14.3. The summed E-state index contributed by atoms with van der Waals surface area (Å²) < 4.78 is 145.